The van der Waals surface area contributed by atoms with Gasteiger partial charge in [0.2, 0.25) is 5.91 Å². The van der Waals surface area contributed by atoms with Crippen LogP contribution in [-0.4, -0.2) is 36.0 Å². The van der Waals surface area contributed by atoms with Gasteiger partial charge >= 0.3 is 5.97 Å². The Kier molecular flexibility index (Phi) is 5.71. The zero-order valence-electron chi connectivity index (χ0n) is 11.5. The third-order valence-electron chi connectivity index (χ3n) is 2.55. The monoisotopic (exact) mass is 278 g/mol. The molecule has 2 amide bonds. The van der Waals surface area contributed by atoms with Gasteiger partial charge in [-0.1, -0.05) is 17.2 Å². The molecular formula is C14H18N2O4. The third kappa shape index (κ3) is 5.51. The molecule has 0 atom stereocenters. The van der Waals surface area contributed by atoms with Crippen molar-refractivity contribution in [2.75, 3.05) is 13.1 Å². The van der Waals surface area contributed by atoms with E-state index in [4.69, 9.17) is 5.11 Å². The summed E-state index contributed by atoms with van der Waals surface area (Å²) in [5.41, 5.74) is 2.45. The summed E-state index contributed by atoms with van der Waals surface area (Å²) >= 11 is 0. The lowest BCUT2D eigenvalue weighted by atomic mass is 10.1. The molecule has 0 spiro atoms. The average Bonchev–Trinajstić information content (AvgIpc) is 2.34. The Morgan fingerprint density at radius 1 is 1.05 bits per heavy atom. The average molecular weight is 278 g/mol. The molecule has 6 nitrogen and oxygen atoms in total. The van der Waals surface area contributed by atoms with Crippen molar-refractivity contribution in [1.29, 1.82) is 0 Å². The fourth-order valence-corrected chi connectivity index (χ4v) is 1.74. The van der Waals surface area contributed by atoms with Crippen LogP contribution in [0, 0.1) is 13.8 Å². The number of benzene rings is 1. The van der Waals surface area contributed by atoms with Crippen LogP contribution in [0.2, 0.25) is 0 Å². The van der Waals surface area contributed by atoms with Gasteiger partial charge in [0.15, 0.2) is 0 Å². The zero-order valence-corrected chi connectivity index (χ0v) is 11.5. The number of carbonyl (C=O) groups is 3. The van der Waals surface area contributed by atoms with Crippen molar-refractivity contribution in [2.24, 2.45) is 0 Å². The Morgan fingerprint density at radius 3 is 2.20 bits per heavy atom. The number of aryl methyl sites for hydroxylation is 2. The molecule has 0 heterocycles. The molecule has 0 aromatic heterocycles. The van der Waals surface area contributed by atoms with Crippen molar-refractivity contribution < 1.29 is 19.5 Å². The van der Waals surface area contributed by atoms with Crippen LogP contribution < -0.4 is 10.6 Å². The van der Waals surface area contributed by atoms with Crippen LogP contribution in [-0.2, 0) is 9.59 Å². The highest BCUT2D eigenvalue weighted by Crippen LogP contribution is 2.08. The minimum atomic E-state index is -0.982. The second-order valence-corrected chi connectivity index (χ2v) is 4.55. The molecule has 108 valence electrons. The molecule has 0 fully saturated rings. The predicted molar refractivity (Wildman–Crippen MR) is 73.5 cm³/mol. The van der Waals surface area contributed by atoms with Gasteiger partial charge in [0.1, 0.15) is 0 Å². The van der Waals surface area contributed by atoms with E-state index in [1.54, 1.807) is 12.1 Å². The molecule has 0 saturated carbocycles. The van der Waals surface area contributed by atoms with Gasteiger partial charge < -0.3 is 15.7 Å². The number of hydrogen-bond acceptors (Lipinski definition) is 3. The van der Waals surface area contributed by atoms with E-state index in [9.17, 15) is 14.4 Å². The Labute approximate surface area is 117 Å². The van der Waals surface area contributed by atoms with Gasteiger partial charge in [-0.05, 0) is 26.0 Å². The summed E-state index contributed by atoms with van der Waals surface area (Å²) in [6.45, 7) is 3.66. The SMILES string of the molecule is Cc1cc(C)cc(C(=O)NCC(=O)NCCC(=O)O)c1. The van der Waals surface area contributed by atoms with Crippen molar-refractivity contribution in [2.45, 2.75) is 20.3 Å². The first-order chi connectivity index (χ1) is 9.38. The predicted octanol–water partition coefficient (Wildman–Crippen LogP) is 0.624. The minimum absolute atomic E-state index is 0.0492. The van der Waals surface area contributed by atoms with E-state index in [2.05, 4.69) is 10.6 Å². The first-order valence-corrected chi connectivity index (χ1v) is 6.23. The van der Waals surface area contributed by atoms with Crippen LogP contribution in [0.1, 0.15) is 27.9 Å². The molecule has 1 rings (SSSR count). The first-order valence-electron chi connectivity index (χ1n) is 6.23. The summed E-state index contributed by atoms with van der Waals surface area (Å²) in [6, 6.07) is 5.44. The van der Waals surface area contributed by atoms with Gasteiger partial charge in [-0.15, -0.1) is 0 Å². The number of carbonyl (C=O) groups excluding carboxylic acids is 2. The summed E-state index contributed by atoms with van der Waals surface area (Å²) in [5.74, 6) is -1.72. The van der Waals surface area contributed by atoms with E-state index >= 15 is 0 Å². The fourth-order valence-electron chi connectivity index (χ4n) is 1.74. The van der Waals surface area contributed by atoms with E-state index in [1.165, 1.54) is 0 Å². The van der Waals surface area contributed by atoms with Crippen molar-refractivity contribution >= 4 is 17.8 Å². The topological polar surface area (TPSA) is 95.5 Å². The van der Waals surface area contributed by atoms with Crippen LogP contribution in [0.15, 0.2) is 18.2 Å². The molecule has 3 N–H and O–H groups in total. The van der Waals surface area contributed by atoms with Crippen molar-refractivity contribution in [3.05, 3.63) is 34.9 Å². The fraction of sp³-hybridized carbons (Fsp3) is 0.357. The van der Waals surface area contributed by atoms with Crippen LogP contribution in [0.25, 0.3) is 0 Å². The summed E-state index contributed by atoms with van der Waals surface area (Å²) < 4.78 is 0. The molecule has 20 heavy (non-hydrogen) atoms. The second kappa shape index (κ2) is 7.28. The maximum Gasteiger partial charge on any atom is 0.305 e. The molecule has 0 radical (unpaired) electrons. The highest BCUT2D eigenvalue weighted by atomic mass is 16.4. The van der Waals surface area contributed by atoms with Gasteiger partial charge in [0, 0.05) is 12.1 Å². The Hall–Kier alpha value is -2.37. The van der Waals surface area contributed by atoms with Crippen LogP contribution in [0.3, 0.4) is 0 Å². The quantitative estimate of drug-likeness (QED) is 0.711. The minimum Gasteiger partial charge on any atom is -0.481 e. The summed E-state index contributed by atoms with van der Waals surface area (Å²) in [5, 5.41) is 13.3. The number of aliphatic carboxylic acids is 1. The van der Waals surface area contributed by atoms with E-state index in [0.717, 1.165) is 11.1 Å². The largest absolute Gasteiger partial charge is 0.481 e. The second-order valence-electron chi connectivity index (χ2n) is 4.55. The smallest absolute Gasteiger partial charge is 0.305 e. The third-order valence-corrected chi connectivity index (χ3v) is 2.55. The number of amides is 2. The molecule has 1 aromatic carbocycles. The van der Waals surface area contributed by atoms with Crippen LogP contribution in [0.5, 0.6) is 0 Å². The molecule has 1 aromatic rings. The van der Waals surface area contributed by atoms with E-state index in [1.807, 2.05) is 19.9 Å². The van der Waals surface area contributed by atoms with E-state index in [0.29, 0.717) is 5.56 Å². The van der Waals surface area contributed by atoms with Crippen molar-refractivity contribution in [3.8, 4) is 0 Å². The molecule has 0 aliphatic heterocycles. The van der Waals surface area contributed by atoms with Crippen LogP contribution in [0.4, 0.5) is 0 Å². The Balaban J connectivity index is 2.43. The van der Waals surface area contributed by atoms with Gasteiger partial charge in [-0.2, -0.15) is 0 Å². The lowest BCUT2D eigenvalue weighted by molar-refractivity contribution is -0.136. The zero-order chi connectivity index (χ0) is 15.1. The van der Waals surface area contributed by atoms with Gasteiger partial charge in [-0.25, -0.2) is 0 Å². The van der Waals surface area contributed by atoms with Gasteiger partial charge in [0.05, 0.1) is 13.0 Å². The van der Waals surface area contributed by atoms with Gasteiger partial charge in [0.25, 0.3) is 5.91 Å². The first kappa shape index (κ1) is 15.7. The highest BCUT2D eigenvalue weighted by molar-refractivity contribution is 5.96. The summed E-state index contributed by atoms with van der Waals surface area (Å²) in [4.78, 5) is 33.5. The van der Waals surface area contributed by atoms with Crippen molar-refractivity contribution in [1.82, 2.24) is 10.6 Å². The number of nitrogens with one attached hydrogen (secondary N) is 2. The Morgan fingerprint density at radius 2 is 1.65 bits per heavy atom. The normalized spacial score (nSPS) is 9.90. The molecule has 6 heteroatoms. The van der Waals surface area contributed by atoms with Crippen LogP contribution >= 0.6 is 0 Å². The van der Waals surface area contributed by atoms with Gasteiger partial charge in [-0.3, -0.25) is 14.4 Å². The maximum atomic E-state index is 11.9. The highest BCUT2D eigenvalue weighted by Gasteiger charge is 2.09. The number of carboxylic acid groups (broad SMARTS) is 1. The lowest BCUT2D eigenvalue weighted by Gasteiger charge is -2.07. The molecule has 0 unspecified atom stereocenters. The number of rotatable bonds is 6. The van der Waals surface area contributed by atoms with Crippen molar-refractivity contribution in [3.63, 3.8) is 0 Å². The summed E-state index contributed by atoms with van der Waals surface area (Å²) in [6.07, 6.45) is -0.142. The molecular weight excluding hydrogens is 260 g/mol. The Bertz CT molecular complexity index is 506. The molecule has 0 saturated heterocycles. The number of carboxylic acids is 1. The molecule has 0 bridgehead atoms. The standard InChI is InChI=1S/C14H18N2O4/c1-9-5-10(2)7-11(6-9)14(20)16-8-12(17)15-4-3-13(18)19/h5-7H,3-4,8H2,1-2H3,(H,15,17)(H,16,20)(H,18,19). The maximum absolute atomic E-state index is 11.9. The molecule has 0 aliphatic rings. The van der Waals surface area contributed by atoms with E-state index < -0.39 is 11.9 Å². The summed E-state index contributed by atoms with van der Waals surface area (Å²) in [7, 11) is 0. The van der Waals surface area contributed by atoms with E-state index in [-0.39, 0.29) is 25.4 Å². The molecule has 0 aliphatic carbocycles. The number of hydrogen-bond donors (Lipinski definition) is 3. The lowest BCUT2D eigenvalue weighted by Crippen LogP contribution is -2.37.